The SMILES string of the molecule is COc1ccc(CCc2nn(CCC(=O)O)c3c2CNCC3)cc1. The highest BCUT2D eigenvalue weighted by molar-refractivity contribution is 5.66. The van der Waals surface area contributed by atoms with Crippen LogP contribution in [0.25, 0.3) is 0 Å². The number of nitrogens with zero attached hydrogens (tertiary/aromatic N) is 2. The Kier molecular flexibility index (Phi) is 5.15. The molecular weight excluding hydrogens is 306 g/mol. The van der Waals surface area contributed by atoms with Gasteiger partial charge in [-0.3, -0.25) is 9.48 Å². The molecule has 24 heavy (non-hydrogen) atoms. The first-order valence-corrected chi connectivity index (χ1v) is 8.30. The first-order valence-electron chi connectivity index (χ1n) is 8.30. The van der Waals surface area contributed by atoms with Crippen LogP contribution in [0.4, 0.5) is 0 Å². The van der Waals surface area contributed by atoms with Crippen molar-refractivity contribution in [1.82, 2.24) is 15.1 Å². The van der Waals surface area contributed by atoms with E-state index in [1.807, 2.05) is 16.8 Å². The number of hydrogen-bond acceptors (Lipinski definition) is 4. The highest BCUT2D eigenvalue weighted by Gasteiger charge is 2.20. The summed E-state index contributed by atoms with van der Waals surface area (Å²) in [6.07, 6.45) is 2.78. The molecule has 1 aromatic heterocycles. The third-order valence-electron chi connectivity index (χ3n) is 4.44. The number of nitrogens with one attached hydrogen (secondary N) is 1. The molecule has 2 N–H and O–H groups in total. The number of benzene rings is 1. The molecule has 0 spiro atoms. The van der Waals surface area contributed by atoms with Gasteiger partial charge in [-0.05, 0) is 30.5 Å². The van der Waals surface area contributed by atoms with E-state index in [9.17, 15) is 4.79 Å². The average Bonchev–Trinajstić information content (AvgIpc) is 2.97. The van der Waals surface area contributed by atoms with E-state index in [0.29, 0.717) is 6.54 Å². The van der Waals surface area contributed by atoms with Gasteiger partial charge in [0.25, 0.3) is 0 Å². The summed E-state index contributed by atoms with van der Waals surface area (Å²) in [5.41, 5.74) is 4.77. The van der Waals surface area contributed by atoms with Crippen LogP contribution in [0.3, 0.4) is 0 Å². The van der Waals surface area contributed by atoms with Gasteiger partial charge in [0, 0.05) is 30.8 Å². The maximum atomic E-state index is 10.8. The normalized spacial score (nSPS) is 13.5. The molecule has 2 aromatic rings. The van der Waals surface area contributed by atoms with Crippen LogP contribution in [0.1, 0.15) is 28.9 Å². The zero-order chi connectivity index (χ0) is 16.9. The van der Waals surface area contributed by atoms with E-state index in [0.717, 1.165) is 43.8 Å². The van der Waals surface area contributed by atoms with Crippen molar-refractivity contribution >= 4 is 5.97 Å². The Morgan fingerprint density at radius 2 is 2.12 bits per heavy atom. The number of rotatable bonds is 7. The number of hydrogen-bond donors (Lipinski definition) is 2. The summed E-state index contributed by atoms with van der Waals surface area (Å²) in [4.78, 5) is 10.8. The number of aromatic nitrogens is 2. The third kappa shape index (κ3) is 3.76. The Morgan fingerprint density at radius 1 is 1.33 bits per heavy atom. The summed E-state index contributed by atoms with van der Waals surface area (Å²) in [6.45, 7) is 2.18. The second-order valence-corrected chi connectivity index (χ2v) is 6.01. The molecule has 0 radical (unpaired) electrons. The first-order chi connectivity index (χ1) is 11.7. The van der Waals surface area contributed by atoms with E-state index in [-0.39, 0.29) is 6.42 Å². The molecule has 1 aromatic carbocycles. The Labute approximate surface area is 141 Å². The van der Waals surface area contributed by atoms with Crippen LogP contribution in [0.2, 0.25) is 0 Å². The topological polar surface area (TPSA) is 76.4 Å². The molecule has 3 rings (SSSR count). The molecular formula is C18H23N3O3. The Hall–Kier alpha value is -2.34. The summed E-state index contributed by atoms with van der Waals surface area (Å²) in [5.74, 6) is 0.0752. The van der Waals surface area contributed by atoms with Crippen molar-refractivity contribution < 1.29 is 14.6 Å². The fourth-order valence-electron chi connectivity index (χ4n) is 3.14. The molecule has 0 fully saturated rings. The third-order valence-corrected chi connectivity index (χ3v) is 4.44. The summed E-state index contributed by atoms with van der Waals surface area (Å²) in [5, 5.41) is 17.0. The number of carboxylic acids is 1. The van der Waals surface area contributed by atoms with Gasteiger partial charge >= 0.3 is 5.97 Å². The summed E-state index contributed by atoms with van der Waals surface area (Å²) < 4.78 is 7.08. The first kappa shape index (κ1) is 16.5. The van der Waals surface area contributed by atoms with Gasteiger partial charge in [-0.15, -0.1) is 0 Å². The molecule has 1 aliphatic rings. The van der Waals surface area contributed by atoms with E-state index in [1.165, 1.54) is 16.8 Å². The predicted octanol–water partition coefficient (Wildman–Crippen LogP) is 1.80. The molecule has 2 heterocycles. The van der Waals surface area contributed by atoms with Gasteiger partial charge in [0.05, 0.1) is 25.8 Å². The van der Waals surface area contributed by atoms with Crippen LogP contribution in [-0.2, 0) is 37.1 Å². The monoisotopic (exact) mass is 329 g/mol. The van der Waals surface area contributed by atoms with Gasteiger partial charge in [0.15, 0.2) is 0 Å². The van der Waals surface area contributed by atoms with Crippen LogP contribution in [0.15, 0.2) is 24.3 Å². The molecule has 0 aliphatic carbocycles. The van der Waals surface area contributed by atoms with Crippen molar-refractivity contribution in [1.29, 1.82) is 0 Å². The van der Waals surface area contributed by atoms with E-state index >= 15 is 0 Å². The lowest BCUT2D eigenvalue weighted by Crippen LogP contribution is -2.25. The van der Waals surface area contributed by atoms with E-state index in [1.54, 1.807) is 7.11 Å². The number of aliphatic carboxylic acids is 1. The Balaban J connectivity index is 1.73. The van der Waals surface area contributed by atoms with Gasteiger partial charge in [-0.1, -0.05) is 12.1 Å². The number of methoxy groups -OCH3 is 1. The maximum Gasteiger partial charge on any atom is 0.305 e. The molecule has 6 heteroatoms. The molecule has 0 atom stereocenters. The summed E-state index contributed by atoms with van der Waals surface area (Å²) >= 11 is 0. The highest BCUT2D eigenvalue weighted by Crippen LogP contribution is 2.21. The molecule has 1 aliphatic heterocycles. The summed E-state index contributed by atoms with van der Waals surface area (Å²) in [6, 6.07) is 8.09. The predicted molar refractivity (Wildman–Crippen MR) is 90.3 cm³/mol. The lowest BCUT2D eigenvalue weighted by Gasteiger charge is -2.15. The standard InChI is InChI=1S/C18H23N3O3/c1-24-14-5-2-13(3-6-14)4-7-16-15-12-19-10-8-17(15)21(20-16)11-9-18(22)23/h2-3,5-6,19H,4,7-12H2,1H3,(H,22,23). The number of carboxylic acid groups (broad SMARTS) is 1. The van der Waals surface area contributed by atoms with E-state index in [2.05, 4.69) is 17.4 Å². The smallest absolute Gasteiger partial charge is 0.305 e. The second-order valence-electron chi connectivity index (χ2n) is 6.01. The molecule has 0 bridgehead atoms. The highest BCUT2D eigenvalue weighted by atomic mass is 16.5. The van der Waals surface area contributed by atoms with E-state index < -0.39 is 5.97 Å². The lowest BCUT2D eigenvalue weighted by atomic mass is 10.0. The van der Waals surface area contributed by atoms with Gasteiger partial charge in [0.1, 0.15) is 5.75 Å². The fraction of sp³-hybridized carbons (Fsp3) is 0.444. The zero-order valence-electron chi connectivity index (χ0n) is 13.9. The van der Waals surface area contributed by atoms with Crippen molar-refractivity contribution in [2.75, 3.05) is 13.7 Å². The van der Waals surface area contributed by atoms with Gasteiger partial charge < -0.3 is 15.2 Å². The van der Waals surface area contributed by atoms with E-state index in [4.69, 9.17) is 14.9 Å². The molecule has 0 amide bonds. The minimum absolute atomic E-state index is 0.111. The number of ether oxygens (including phenoxy) is 1. The maximum absolute atomic E-state index is 10.8. The van der Waals surface area contributed by atoms with Gasteiger partial charge in [-0.25, -0.2) is 0 Å². The quantitative estimate of drug-likeness (QED) is 0.810. The van der Waals surface area contributed by atoms with Crippen LogP contribution < -0.4 is 10.1 Å². The minimum atomic E-state index is -0.784. The zero-order valence-corrected chi connectivity index (χ0v) is 13.9. The average molecular weight is 329 g/mol. The molecule has 0 unspecified atom stereocenters. The lowest BCUT2D eigenvalue weighted by molar-refractivity contribution is -0.137. The number of aryl methyl sites for hydroxylation is 3. The van der Waals surface area contributed by atoms with Crippen molar-refractivity contribution in [2.45, 2.75) is 38.8 Å². The van der Waals surface area contributed by atoms with Crippen LogP contribution >= 0.6 is 0 Å². The van der Waals surface area contributed by atoms with Crippen molar-refractivity contribution in [3.63, 3.8) is 0 Å². The fourth-order valence-corrected chi connectivity index (χ4v) is 3.14. The molecule has 6 nitrogen and oxygen atoms in total. The van der Waals surface area contributed by atoms with Crippen molar-refractivity contribution in [3.05, 3.63) is 46.8 Å². The number of fused-ring (bicyclic) bond motifs is 1. The van der Waals surface area contributed by atoms with Gasteiger partial charge in [-0.2, -0.15) is 5.10 Å². The molecule has 0 saturated carbocycles. The number of carbonyl (C=O) groups is 1. The van der Waals surface area contributed by atoms with Crippen molar-refractivity contribution in [3.8, 4) is 5.75 Å². The van der Waals surface area contributed by atoms with Crippen LogP contribution in [-0.4, -0.2) is 34.5 Å². The van der Waals surface area contributed by atoms with Crippen molar-refractivity contribution in [2.24, 2.45) is 0 Å². The minimum Gasteiger partial charge on any atom is -0.497 e. The second kappa shape index (κ2) is 7.49. The summed E-state index contributed by atoms with van der Waals surface area (Å²) in [7, 11) is 1.66. The van der Waals surface area contributed by atoms with Gasteiger partial charge in [0.2, 0.25) is 0 Å². The van der Waals surface area contributed by atoms with Crippen LogP contribution in [0, 0.1) is 0 Å². The Morgan fingerprint density at radius 3 is 2.83 bits per heavy atom. The Bertz CT molecular complexity index is 707. The largest absolute Gasteiger partial charge is 0.497 e. The molecule has 0 saturated heterocycles. The molecule has 128 valence electrons. The van der Waals surface area contributed by atoms with Crippen LogP contribution in [0.5, 0.6) is 5.75 Å².